The van der Waals surface area contributed by atoms with Crippen LogP contribution in [0.5, 0.6) is 5.75 Å². The Morgan fingerprint density at radius 2 is 1.63 bits per heavy atom. The fourth-order valence-electron chi connectivity index (χ4n) is 3.87. The first-order valence-electron chi connectivity index (χ1n) is 10.2. The molecule has 0 aliphatic carbocycles. The zero-order chi connectivity index (χ0) is 21.0. The van der Waals surface area contributed by atoms with E-state index in [1.807, 2.05) is 73.7 Å². The van der Waals surface area contributed by atoms with Gasteiger partial charge in [-0.05, 0) is 60.7 Å². The zero-order valence-corrected chi connectivity index (χ0v) is 17.8. The van der Waals surface area contributed by atoms with Crippen LogP contribution >= 0.6 is 0 Å². The highest BCUT2D eigenvalue weighted by atomic mass is 32.2. The highest BCUT2D eigenvalue weighted by Gasteiger charge is 2.40. The van der Waals surface area contributed by atoms with Crippen molar-refractivity contribution in [2.24, 2.45) is 0 Å². The molecule has 0 amide bonds. The maximum Gasteiger partial charge on any atom is 0.221 e. The third-order valence-corrected chi connectivity index (χ3v) is 7.98. The number of rotatable bonds is 6. The maximum absolute atomic E-state index is 13.4. The summed E-state index contributed by atoms with van der Waals surface area (Å²) in [5, 5.41) is -0.474. The zero-order valence-electron chi connectivity index (χ0n) is 17.0. The molecule has 0 spiro atoms. The molecule has 3 aromatic rings. The fourth-order valence-corrected chi connectivity index (χ4v) is 6.07. The first-order valence-corrected chi connectivity index (χ1v) is 11.7. The Kier molecular flexibility index (Phi) is 6.16. The highest BCUT2D eigenvalue weighted by Crippen LogP contribution is 2.38. The second-order valence-corrected chi connectivity index (χ2v) is 9.77. The van der Waals surface area contributed by atoms with Crippen LogP contribution in [0.2, 0.25) is 0 Å². The van der Waals surface area contributed by atoms with Crippen LogP contribution in [0.15, 0.2) is 79.1 Å². The van der Waals surface area contributed by atoms with Crippen LogP contribution in [0.4, 0.5) is 0 Å². The quantitative estimate of drug-likeness (QED) is 0.577. The molecular formula is C24H26N2O3S. The minimum Gasteiger partial charge on any atom is -0.489 e. The predicted octanol–water partition coefficient (Wildman–Crippen LogP) is 4.72. The number of pyridine rings is 1. The van der Waals surface area contributed by atoms with Gasteiger partial charge in [0.05, 0.1) is 0 Å². The molecule has 0 saturated carbocycles. The molecule has 1 unspecified atom stereocenters. The number of nitrogens with zero attached hydrogens (tertiary/aromatic N) is 2. The summed E-state index contributed by atoms with van der Waals surface area (Å²) in [6.45, 7) is 2.83. The van der Waals surface area contributed by atoms with Crippen LogP contribution in [0.25, 0.3) is 0 Å². The van der Waals surface area contributed by atoms with Crippen molar-refractivity contribution in [1.82, 2.24) is 9.29 Å². The Bertz CT molecular complexity index is 1050. The van der Waals surface area contributed by atoms with Crippen molar-refractivity contribution in [3.05, 3.63) is 95.8 Å². The van der Waals surface area contributed by atoms with E-state index in [9.17, 15) is 8.42 Å². The summed E-state index contributed by atoms with van der Waals surface area (Å²) in [5.41, 5.74) is 2.87. The van der Waals surface area contributed by atoms with Gasteiger partial charge >= 0.3 is 0 Å². The summed E-state index contributed by atoms with van der Waals surface area (Å²) in [6, 6.07) is 21.0. The van der Waals surface area contributed by atoms with Crippen molar-refractivity contribution in [1.29, 1.82) is 0 Å². The van der Waals surface area contributed by atoms with Gasteiger partial charge in [0.1, 0.15) is 17.6 Å². The van der Waals surface area contributed by atoms with Crippen molar-refractivity contribution in [3.8, 4) is 5.75 Å². The Morgan fingerprint density at radius 3 is 2.33 bits per heavy atom. The normalized spacial score (nSPS) is 21.2. The molecule has 0 radical (unpaired) electrons. The van der Waals surface area contributed by atoms with Gasteiger partial charge in [-0.15, -0.1) is 0 Å². The average molecular weight is 423 g/mol. The number of hydrogen-bond donors (Lipinski definition) is 0. The van der Waals surface area contributed by atoms with Crippen LogP contribution in [-0.2, 0) is 23.2 Å². The second kappa shape index (κ2) is 8.98. The van der Waals surface area contributed by atoms with Crippen molar-refractivity contribution in [3.63, 3.8) is 0 Å². The lowest BCUT2D eigenvalue weighted by atomic mass is 10.0. The number of ether oxygens (including phenoxy) is 1. The molecule has 0 N–H and O–H groups in total. The molecule has 2 heterocycles. The minimum absolute atomic E-state index is 0.0161. The lowest BCUT2D eigenvalue weighted by Crippen LogP contribution is -2.44. The number of benzene rings is 2. The van der Waals surface area contributed by atoms with Crippen molar-refractivity contribution < 1.29 is 13.2 Å². The molecular weight excluding hydrogens is 396 g/mol. The molecule has 1 fully saturated rings. The second-order valence-electron chi connectivity index (χ2n) is 7.70. The molecule has 1 aromatic heterocycles. The van der Waals surface area contributed by atoms with E-state index >= 15 is 0 Å². The lowest BCUT2D eigenvalue weighted by molar-refractivity contribution is 0.281. The van der Waals surface area contributed by atoms with Gasteiger partial charge in [0, 0.05) is 25.0 Å². The van der Waals surface area contributed by atoms with Crippen LogP contribution in [0, 0.1) is 0 Å². The van der Waals surface area contributed by atoms with Crippen LogP contribution in [0.1, 0.15) is 41.7 Å². The van der Waals surface area contributed by atoms with Crippen LogP contribution < -0.4 is 4.74 Å². The van der Waals surface area contributed by atoms with Crippen LogP contribution in [-0.4, -0.2) is 23.7 Å². The Hall–Kier alpha value is -2.70. The SMILES string of the molecule is C[C@H]1CCC(c2ccccc2)S(=O)(=O)N1Cc1ccc(OCc2ccncc2)cc1. The third kappa shape index (κ3) is 4.55. The molecule has 1 saturated heterocycles. The third-order valence-electron chi connectivity index (χ3n) is 5.61. The van der Waals surface area contributed by atoms with Gasteiger partial charge in [-0.25, -0.2) is 8.42 Å². The van der Waals surface area contributed by atoms with Gasteiger partial charge in [-0.2, -0.15) is 4.31 Å². The fraction of sp³-hybridized carbons (Fsp3) is 0.292. The lowest BCUT2D eigenvalue weighted by Gasteiger charge is -2.37. The Balaban J connectivity index is 1.45. The van der Waals surface area contributed by atoms with E-state index in [0.717, 1.165) is 28.9 Å². The summed E-state index contributed by atoms with van der Waals surface area (Å²) in [5.74, 6) is 0.757. The van der Waals surface area contributed by atoms with E-state index in [2.05, 4.69) is 4.98 Å². The van der Waals surface area contributed by atoms with E-state index in [-0.39, 0.29) is 6.04 Å². The monoisotopic (exact) mass is 422 g/mol. The summed E-state index contributed by atoms with van der Waals surface area (Å²) in [6.07, 6.45) is 4.99. The number of sulfonamides is 1. The number of hydrogen-bond acceptors (Lipinski definition) is 4. The maximum atomic E-state index is 13.4. The Morgan fingerprint density at radius 1 is 0.933 bits per heavy atom. The van der Waals surface area contributed by atoms with Crippen molar-refractivity contribution in [2.45, 2.75) is 44.2 Å². The first-order chi connectivity index (χ1) is 14.5. The molecule has 30 heavy (non-hydrogen) atoms. The molecule has 6 heteroatoms. The Labute approximate surface area is 178 Å². The molecule has 0 bridgehead atoms. The molecule has 2 atom stereocenters. The molecule has 1 aliphatic heterocycles. The summed E-state index contributed by atoms with van der Waals surface area (Å²) < 4.78 is 34.2. The van der Waals surface area contributed by atoms with Gasteiger partial charge in [0.25, 0.3) is 0 Å². The summed E-state index contributed by atoms with van der Waals surface area (Å²) >= 11 is 0. The highest BCUT2D eigenvalue weighted by molar-refractivity contribution is 7.89. The molecule has 2 aromatic carbocycles. The summed E-state index contributed by atoms with van der Waals surface area (Å²) in [4.78, 5) is 4.00. The van der Waals surface area contributed by atoms with Crippen LogP contribution in [0.3, 0.4) is 0 Å². The van der Waals surface area contributed by atoms with E-state index in [1.54, 1.807) is 16.7 Å². The van der Waals surface area contributed by atoms with E-state index in [0.29, 0.717) is 19.6 Å². The molecule has 156 valence electrons. The van der Waals surface area contributed by atoms with Gasteiger partial charge < -0.3 is 4.74 Å². The van der Waals surface area contributed by atoms with Gasteiger partial charge in [-0.3, -0.25) is 4.98 Å². The van der Waals surface area contributed by atoms with E-state index in [4.69, 9.17) is 4.74 Å². The summed E-state index contributed by atoms with van der Waals surface area (Å²) in [7, 11) is -3.42. The van der Waals surface area contributed by atoms with Gasteiger partial charge in [-0.1, -0.05) is 42.5 Å². The van der Waals surface area contributed by atoms with Gasteiger partial charge in [0.15, 0.2) is 0 Å². The molecule has 1 aliphatic rings. The van der Waals surface area contributed by atoms with Crippen molar-refractivity contribution in [2.75, 3.05) is 0 Å². The number of aromatic nitrogens is 1. The first kappa shape index (κ1) is 20.6. The van der Waals surface area contributed by atoms with Crippen molar-refractivity contribution >= 4 is 10.0 Å². The molecule has 4 rings (SSSR count). The van der Waals surface area contributed by atoms with E-state index < -0.39 is 15.3 Å². The van der Waals surface area contributed by atoms with E-state index in [1.165, 1.54) is 0 Å². The average Bonchev–Trinajstić information content (AvgIpc) is 2.77. The molecule has 5 nitrogen and oxygen atoms in total. The smallest absolute Gasteiger partial charge is 0.221 e. The predicted molar refractivity (Wildman–Crippen MR) is 117 cm³/mol. The standard InChI is InChI=1S/C24H26N2O3S/c1-19-7-12-24(22-5-3-2-4-6-22)30(27,28)26(19)17-20-8-10-23(11-9-20)29-18-21-13-15-25-16-14-21/h2-6,8-11,13-16,19,24H,7,12,17-18H2,1H3/t19-,24?/m0/s1. The largest absolute Gasteiger partial charge is 0.489 e. The topological polar surface area (TPSA) is 59.5 Å². The minimum atomic E-state index is -3.42. The van der Waals surface area contributed by atoms with Gasteiger partial charge in [0.2, 0.25) is 10.0 Å².